The molecule has 1 aliphatic rings. The minimum atomic E-state index is 0.192. The molecule has 1 N–H and O–H groups in total. The van der Waals surface area contributed by atoms with E-state index in [0.29, 0.717) is 0 Å². The number of nitrogens with zero attached hydrogens (tertiary/aromatic N) is 1. The third kappa shape index (κ3) is 3.76. The Bertz CT molecular complexity index is 442. The molecule has 1 aromatic rings. The van der Waals surface area contributed by atoms with Crippen LogP contribution in [-0.2, 0) is 0 Å². The van der Waals surface area contributed by atoms with Gasteiger partial charge in [0.1, 0.15) is 0 Å². The summed E-state index contributed by atoms with van der Waals surface area (Å²) < 4.78 is 0. The molecule has 0 bridgehead atoms. The number of piperidine rings is 1. The van der Waals surface area contributed by atoms with E-state index in [1.807, 2.05) is 35.4 Å². The quantitative estimate of drug-likeness (QED) is 0.847. The summed E-state index contributed by atoms with van der Waals surface area (Å²) >= 11 is 1.64. The van der Waals surface area contributed by atoms with Gasteiger partial charge in [0.25, 0.3) is 5.91 Å². The fourth-order valence-electron chi connectivity index (χ4n) is 2.68. The maximum absolute atomic E-state index is 12.6. The largest absolute Gasteiger partial charge is 0.339 e. The third-order valence-electron chi connectivity index (χ3n) is 3.92. The lowest BCUT2D eigenvalue weighted by atomic mass is 9.96. The highest BCUT2D eigenvalue weighted by Crippen LogP contribution is 2.24. The molecule has 2 rings (SSSR count). The summed E-state index contributed by atoms with van der Waals surface area (Å²) in [5, 5.41) is 3.41. The SMILES string of the molecule is CCNCC1CCN(C(=O)c2ccccc2SC)CC1. The number of carbonyl (C=O) groups excluding carboxylic acids is 1. The lowest BCUT2D eigenvalue weighted by molar-refractivity contribution is 0.0687. The topological polar surface area (TPSA) is 32.3 Å². The lowest BCUT2D eigenvalue weighted by Gasteiger charge is -2.32. The molecule has 0 unspecified atom stereocenters. The molecule has 0 spiro atoms. The zero-order valence-corrected chi connectivity index (χ0v) is 13.2. The molecule has 1 heterocycles. The molecule has 1 saturated heterocycles. The van der Waals surface area contributed by atoms with Gasteiger partial charge in [-0.05, 0) is 50.2 Å². The van der Waals surface area contributed by atoms with Gasteiger partial charge < -0.3 is 10.2 Å². The van der Waals surface area contributed by atoms with E-state index in [0.717, 1.165) is 55.4 Å². The number of thioether (sulfide) groups is 1. The van der Waals surface area contributed by atoms with Crippen molar-refractivity contribution >= 4 is 17.7 Å². The molecule has 1 fully saturated rings. The van der Waals surface area contributed by atoms with Gasteiger partial charge in [0, 0.05) is 18.0 Å². The van der Waals surface area contributed by atoms with Crippen LogP contribution in [0.25, 0.3) is 0 Å². The van der Waals surface area contributed by atoms with Crippen molar-refractivity contribution in [1.29, 1.82) is 0 Å². The molecule has 1 aromatic carbocycles. The number of likely N-dealkylation sites (tertiary alicyclic amines) is 1. The Labute approximate surface area is 126 Å². The van der Waals surface area contributed by atoms with Gasteiger partial charge >= 0.3 is 0 Å². The van der Waals surface area contributed by atoms with E-state index in [-0.39, 0.29) is 5.91 Å². The highest BCUT2D eigenvalue weighted by Gasteiger charge is 2.24. The maximum Gasteiger partial charge on any atom is 0.254 e. The lowest BCUT2D eigenvalue weighted by Crippen LogP contribution is -2.40. The maximum atomic E-state index is 12.6. The van der Waals surface area contributed by atoms with E-state index in [4.69, 9.17) is 0 Å². The monoisotopic (exact) mass is 292 g/mol. The molecular weight excluding hydrogens is 268 g/mol. The summed E-state index contributed by atoms with van der Waals surface area (Å²) in [6.07, 6.45) is 4.25. The molecule has 20 heavy (non-hydrogen) atoms. The second kappa shape index (κ2) is 7.70. The van der Waals surface area contributed by atoms with Gasteiger partial charge in [-0.25, -0.2) is 0 Å². The summed E-state index contributed by atoms with van der Waals surface area (Å²) in [5.74, 6) is 0.909. The smallest absolute Gasteiger partial charge is 0.254 e. The van der Waals surface area contributed by atoms with Crippen molar-refractivity contribution in [2.45, 2.75) is 24.7 Å². The van der Waals surface area contributed by atoms with Gasteiger partial charge in [-0.15, -0.1) is 11.8 Å². The Morgan fingerprint density at radius 1 is 1.35 bits per heavy atom. The van der Waals surface area contributed by atoms with Gasteiger partial charge in [0.05, 0.1) is 5.56 Å². The second-order valence-electron chi connectivity index (χ2n) is 5.24. The molecular formula is C16H24N2OS. The predicted octanol–water partition coefficient (Wildman–Crippen LogP) is 2.87. The van der Waals surface area contributed by atoms with Crippen molar-refractivity contribution < 1.29 is 4.79 Å². The molecule has 4 heteroatoms. The first-order valence-electron chi connectivity index (χ1n) is 7.39. The number of nitrogens with one attached hydrogen (secondary N) is 1. The van der Waals surface area contributed by atoms with Crippen molar-refractivity contribution in [2.24, 2.45) is 5.92 Å². The number of benzene rings is 1. The van der Waals surface area contributed by atoms with Crippen LogP contribution in [-0.4, -0.2) is 43.2 Å². The van der Waals surface area contributed by atoms with E-state index in [2.05, 4.69) is 12.2 Å². The number of amides is 1. The number of hydrogen-bond donors (Lipinski definition) is 1. The molecule has 110 valence electrons. The van der Waals surface area contributed by atoms with Gasteiger partial charge in [0.15, 0.2) is 0 Å². The minimum absolute atomic E-state index is 0.192. The first kappa shape index (κ1) is 15.4. The molecule has 1 aliphatic heterocycles. The van der Waals surface area contributed by atoms with Gasteiger partial charge in [0.2, 0.25) is 0 Å². The van der Waals surface area contributed by atoms with Crippen molar-refractivity contribution in [3.05, 3.63) is 29.8 Å². The average Bonchev–Trinajstić information content (AvgIpc) is 2.52. The molecule has 0 saturated carbocycles. The van der Waals surface area contributed by atoms with Crippen LogP contribution < -0.4 is 5.32 Å². The summed E-state index contributed by atoms with van der Waals surface area (Å²) in [6.45, 7) is 6.02. The van der Waals surface area contributed by atoms with Gasteiger partial charge in [-0.3, -0.25) is 4.79 Å². The van der Waals surface area contributed by atoms with E-state index < -0.39 is 0 Å². The summed E-state index contributed by atoms with van der Waals surface area (Å²) in [6, 6.07) is 7.91. The molecule has 0 aromatic heterocycles. The van der Waals surface area contributed by atoms with Crippen LogP contribution in [0.2, 0.25) is 0 Å². The number of hydrogen-bond acceptors (Lipinski definition) is 3. The molecule has 1 amide bonds. The standard InChI is InChI=1S/C16H24N2OS/c1-3-17-12-13-8-10-18(11-9-13)16(19)14-6-4-5-7-15(14)20-2/h4-7,13,17H,3,8-12H2,1-2H3. The first-order chi connectivity index (χ1) is 9.76. The first-order valence-corrected chi connectivity index (χ1v) is 8.61. The average molecular weight is 292 g/mol. The van der Waals surface area contributed by atoms with Crippen molar-refractivity contribution in [3.63, 3.8) is 0 Å². The van der Waals surface area contributed by atoms with Crippen LogP contribution in [0.15, 0.2) is 29.2 Å². The Hall–Kier alpha value is -1.00. The van der Waals surface area contributed by atoms with Crippen molar-refractivity contribution in [1.82, 2.24) is 10.2 Å². The predicted molar refractivity (Wildman–Crippen MR) is 85.4 cm³/mol. The number of rotatable bonds is 5. The minimum Gasteiger partial charge on any atom is -0.339 e. The van der Waals surface area contributed by atoms with Crippen LogP contribution >= 0.6 is 11.8 Å². The summed E-state index contributed by atoms with van der Waals surface area (Å²) in [5.41, 5.74) is 0.852. The fraction of sp³-hybridized carbons (Fsp3) is 0.562. The third-order valence-corrected chi connectivity index (χ3v) is 4.72. The van der Waals surface area contributed by atoms with E-state index >= 15 is 0 Å². The van der Waals surface area contributed by atoms with Crippen LogP contribution in [0.5, 0.6) is 0 Å². The highest BCUT2D eigenvalue weighted by atomic mass is 32.2. The molecule has 0 atom stereocenters. The fourth-order valence-corrected chi connectivity index (χ4v) is 3.27. The zero-order valence-electron chi connectivity index (χ0n) is 12.4. The van der Waals surface area contributed by atoms with Crippen LogP contribution in [0.4, 0.5) is 0 Å². The highest BCUT2D eigenvalue weighted by molar-refractivity contribution is 7.98. The molecule has 3 nitrogen and oxygen atoms in total. The van der Waals surface area contributed by atoms with E-state index in [1.54, 1.807) is 11.8 Å². The Morgan fingerprint density at radius 3 is 2.70 bits per heavy atom. The van der Waals surface area contributed by atoms with Gasteiger partial charge in [-0.2, -0.15) is 0 Å². The Kier molecular flexibility index (Phi) is 5.92. The summed E-state index contributed by atoms with van der Waals surface area (Å²) in [4.78, 5) is 15.7. The van der Waals surface area contributed by atoms with E-state index in [1.165, 1.54) is 0 Å². The van der Waals surface area contributed by atoms with Crippen molar-refractivity contribution in [2.75, 3.05) is 32.4 Å². The molecule has 0 aliphatic carbocycles. The van der Waals surface area contributed by atoms with Crippen molar-refractivity contribution in [3.8, 4) is 0 Å². The molecule has 0 radical (unpaired) electrons. The second-order valence-corrected chi connectivity index (χ2v) is 6.09. The number of carbonyl (C=O) groups is 1. The van der Waals surface area contributed by atoms with Crippen LogP contribution in [0, 0.1) is 5.92 Å². The summed E-state index contributed by atoms with van der Waals surface area (Å²) in [7, 11) is 0. The zero-order chi connectivity index (χ0) is 14.4. The van der Waals surface area contributed by atoms with Crippen LogP contribution in [0.1, 0.15) is 30.1 Å². The van der Waals surface area contributed by atoms with Gasteiger partial charge in [-0.1, -0.05) is 19.1 Å². The Morgan fingerprint density at radius 2 is 2.05 bits per heavy atom. The Balaban J connectivity index is 1.94. The van der Waals surface area contributed by atoms with E-state index in [9.17, 15) is 4.79 Å². The van der Waals surface area contributed by atoms with Crippen LogP contribution in [0.3, 0.4) is 0 Å². The normalized spacial score (nSPS) is 16.4.